The van der Waals surface area contributed by atoms with Crippen molar-refractivity contribution >= 4 is 62.9 Å². The molecule has 3 rings (SSSR count). The van der Waals surface area contributed by atoms with E-state index >= 15 is 0 Å². The van der Waals surface area contributed by atoms with Crippen LogP contribution in [0.25, 0.3) is 10.1 Å². The lowest BCUT2D eigenvalue weighted by Gasteiger charge is -2.33. The number of cyclic esters (lactones) is 2. The molecular formula is C46H67N5O10S. The zero-order chi connectivity index (χ0) is 46.6. The van der Waals surface area contributed by atoms with Crippen LogP contribution >= 0.6 is 11.3 Å². The quantitative estimate of drug-likeness (QED) is 0.228. The van der Waals surface area contributed by atoms with Gasteiger partial charge in [0.1, 0.15) is 30.3 Å². The van der Waals surface area contributed by atoms with Crippen molar-refractivity contribution in [3.63, 3.8) is 0 Å². The highest BCUT2D eigenvalue weighted by atomic mass is 32.1. The van der Waals surface area contributed by atoms with E-state index in [0.717, 1.165) is 15.6 Å². The minimum absolute atomic E-state index is 0.0229. The maximum absolute atomic E-state index is 14.4. The Labute approximate surface area is 370 Å². The van der Waals surface area contributed by atoms with Crippen molar-refractivity contribution in [2.75, 3.05) is 20.6 Å². The molecule has 1 aromatic carbocycles. The van der Waals surface area contributed by atoms with E-state index in [-0.39, 0.29) is 36.7 Å². The van der Waals surface area contributed by atoms with Gasteiger partial charge >= 0.3 is 11.9 Å². The summed E-state index contributed by atoms with van der Waals surface area (Å²) in [5.41, 5.74) is 1.58. The molecule has 9 atom stereocenters. The Morgan fingerprint density at radius 2 is 1.58 bits per heavy atom. The molecule has 0 saturated heterocycles. The molecule has 0 fully saturated rings. The Hall–Kier alpha value is -5.09. The summed E-state index contributed by atoms with van der Waals surface area (Å²) in [5, 5.41) is 22.2. The molecule has 0 saturated carbocycles. The van der Waals surface area contributed by atoms with Crippen LogP contribution in [0, 0.1) is 17.8 Å². The van der Waals surface area contributed by atoms with Crippen molar-refractivity contribution in [1.29, 1.82) is 0 Å². The molecule has 62 heavy (non-hydrogen) atoms. The number of esters is 2. The van der Waals surface area contributed by atoms with Gasteiger partial charge in [-0.05, 0) is 87.3 Å². The number of thiophene rings is 1. The summed E-state index contributed by atoms with van der Waals surface area (Å²) in [6, 6.07) is 3.15. The van der Waals surface area contributed by atoms with Gasteiger partial charge < -0.3 is 40.3 Å². The molecule has 0 aliphatic carbocycles. The van der Waals surface area contributed by atoms with Crippen LogP contribution in [0.4, 0.5) is 0 Å². The lowest BCUT2D eigenvalue weighted by molar-refractivity contribution is -0.155. The van der Waals surface area contributed by atoms with Crippen LogP contribution in [-0.2, 0) is 49.5 Å². The molecule has 342 valence electrons. The second kappa shape index (κ2) is 23.4. The van der Waals surface area contributed by atoms with Crippen molar-refractivity contribution in [1.82, 2.24) is 25.8 Å². The molecule has 1 aliphatic heterocycles. The predicted octanol–water partition coefficient (Wildman–Crippen LogP) is 4.45. The van der Waals surface area contributed by atoms with Crippen LogP contribution in [-0.4, -0.2) is 120 Å². The van der Waals surface area contributed by atoms with Crippen molar-refractivity contribution in [3.8, 4) is 0 Å². The number of carbonyl (C=O) groups excluding carboxylic acids is 7. The first-order valence-corrected chi connectivity index (χ1v) is 22.2. The van der Waals surface area contributed by atoms with Gasteiger partial charge in [-0.15, -0.1) is 11.3 Å². The molecule has 2 heterocycles. The maximum Gasteiger partial charge on any atom is 0.334 e. The van der Waals surface area contributed by atoms with Crippen LogP contribution in [0.1, 0.15) is 94.1 Å². The molecule has 2 aromatic rings. The Kier molecular flexibility index (Phi) is 19.3. The highest BCUT2D eigenvalue weighted by Crippen LogP contribution is 2.28. The van der Waals surface area contributed by atoms with E-state index in [1.807, 2.05) is 50.4 Å². The number of aliphatic hydroxyl groups is 1. The monoisotopic (exact) mass is 881 g/mol. The van der Waals surface area contributed by atoms with Crippen molar-refractivity contribution in [2.24, 2.45) is 17.8 Å². The fraction of sp³-hybridized carbons (Fsp3) is 0.587. The van der Waals surface area contributed by atoms with E-state index in [1.54, 1.807) is 33.8 Å². The summed E-state index contributed by atoms with van der Waals surface area (Å²) in [7, 11) is 2.88. The number of fused-ring (bicyclic) bond motifs is 1. The van der Waals surface area contributed by atoms with Gasteiger partial charge in [0.15, 0.2) is 6.10 Å². The number of benzene rings is 1. The first-order chi connectivity index (χ1) is 29.1. The van der Waals surface area contributed by atoms with Gasteiger partial charge in [0.25, 0.3) is 5.91 Å². The van der Waals surface area contributed by atoms with E-state index < -0.39 is 96.4 Å². The van der Waals surface area contributed by atoms with Gasteiger partial charge in [-0.3, -0.25) is 24.0 Å². The van der Waals surface area contributed by atoms with Gasteiger partial charge in [0.05, 0.1) is 12.6 Å². The molecule has 0 radical (unpaired) electrons. The third-order valence-electron chi connectivity index (χ3n) is 11.5. The zero-order valence-corrected chi connectivity index (χ0v) is 39.1. The summed E-state index contributed by atoms with van der Waals surface area (Å²) in [6.45, 7) is 16.5. The molecule has 1 aliphatic rings. The number of amides is 5. The van der Waals surface area contributed by atoms with Gasteiger partial charge in [-0.25, -0.2) is 9.59 Å². The largest absolute Gasteiger partial charge is 0.456 e. The molecule has 16 heteroatoms. The van der Waals surface area contributed by atoms with Crippen molar-refractivity contribution in [3.05, 3.63) is 58.5 Å². The van der Waals surface area contributed by atoms with Gasteiger partial charge in [0, 0.05) is 36.7 Å². The first kappa shape index (κ1) is 51.3. The van der Waals surface area contributed by atoms with Crippen LogP contribution in [0.5, 0.6) is 0 Å². The molecule has 0 spiro atoms. The molecule has 5 amide bonds. The fourth-order valence-corrected chi connectivity index (χ4v) is 8.09. The van der Waals surface area contributed by atoms with Crippen LogP contribution in [0.2, 0.25) is 0 Å². The van der Waals surface area contributed by atoms with E-state index in [0.29, 0.717) is 12.0 Å². The average Bonchev–Trinajstić information content (AvgIpc) is 3.65. The van der Waals surface area contributed by atoms with E-state index in [1.165, 1.54) is 62.1 Å². The number of hydrogen-bond acceptors (Lipinski definition) is 11. The standard InChI is InChI=1S/C46H67N5O10S/c1-13-26(5)39-42(55)48-31(10)46(59)61-40(27(6)14-2)29(8)35(52)20-19-28(7)45(58)60-36(21-25(3)4)41(54)47-30(9)43(56)51(12)34(44(57)50(11)23-38(53)49-39)22-32-24-62-37-18-16-15-17-33(32)37/h14-19,24-26,29-31,34-36,39-40,52H,13,20-23H2,1-12H3,(H,47,54)(H,48,55)(H,49,53)/b27-14+,28-19+/t26?,29-,30-,31+,34+,35-,36+,39-,40+/m0/s1. The number of allylic oxidation sites excluding steroid dienone is 1. The molecule has 4 N–H and O–H groups in total. The number of likely N-dealkylation sites (N-methyl/N-ethyl adjacent to an activating group) is 2. The van der Waals surface area contributed by atoms with Gasteiger partial charge in [0.2, 0.25) is 23.6 Å². The summed E-state index contributed by atoms with van der Waals surface area (Å²) in [4.78, 5) is 99.0. The van der Waals surface area contributed by atoms with Gasteiger partial charge in [-0.2, -0.15) is 0 Å². The summed E-state index contributed by atoms with van der Waals surface area (Å²) in [6.07, 6.45) is 0.677. The Bertz CT molecular complexity index is 1990. The topological polar surface area (TPSA) is 201 Å². The van der Waals surface area contributed by atoms with E-state index in [2.05, 4.69) is 16.0 Å². The van der Waals surface area contributed by atoms with E-state index in [4.69, 9.17) is 9.47 Å². The lowest BCUT2D eigenvalue weighted by Crippen LogP contribution is -2.57. The lowest BCUT2D eigenvalue weighted by atomic mass is 9.90. The first-order valence-electron chi connectivity index (χ1n) is 21.4. The summed E-state index contributed by atoms with van der Waals surface area (Å²) in [5.74, 6) is -5.83. The second-order valence-corrected chi connectivity index (χ2v) is 17.9. The highest BCUT2D eigenvalue weighted by molar-refractivity contribution is 7.17. The van der Waals surface area contributed by atoms with Crippen LogP contribution in [0.3, 0.4) is 0 Å². The Morgan fingerprint density at radius 1 is 0.935 bits per heavy atom. The zero-order valence-electron chi connectivity index (χ0n) is 38.3. The van der Waals surface area contributed by atoms with Crippen molar-refractivity contribution in [2.45, 2.75) is 137 Å². The van der Waals surface area contributed by atoms with E-state index in [9.17, 15) is 38.7 Å². The SMILES string of the molecule is C/C=C(\C)[C@H]1OC(=O)[C@@H](C)NC(=O)[C@H](C(C)CC)NC(=O)CN(C)C(=O)[C@@H](Cc2csc3ccccc23)N(C)C(=O)[C@H](C)NC(=O)[C@@H](CC(C)C)OC(=O)/C(C)=C/C[C@H](O)[C@@H]1C. The molecular weight excluding hydrogens is 815 g/mol. The number of rotatable bonds is 7. The number of ether oxygens (including phenoxy) is 2. The third kappa shape index (κ3) is 13.7. The van der Waals surface area contributed by atoms with Crippen LogP contribution in [0.15, 0.2) is 52.9 Å². The number of hydrogen-bond donors (Lipinski definition) is 4. The Balaban J connectivity index is 2.08. The maximum atomic E-state index is 14.4. The van der Waals surface area contributed by atoms with Crippen LogP contribution < -0.4 is 16.0 Å². The molecule has 1 unspecified atom stereocenters. The highest BCUT2D eigenvalue weighted by Gasteiger charge is 2.37. The summed E-state index contributed by atoms with van der Waals surface area (Å²) >= 11 is 1.49. The minimum Gasteiger partial charge on any atom is -0.456 e. The Morgan fingerprint density at radius 3 is 2.21 bits per heavy atom. The normalized spacial score (nSPS) is 28.1. The van der Waals surface area contributed by atoms with Gasteiger partial charge in [-0.1, -0.05) is 71.4 Å². The number of aliphatic hydroxyl groups excluding tert-OH is 1. The smallest absolute Gasteiger partial charge is 0.334 e. The second-order valence-electron chi connectivity index (χ2n) is 17.0. The predicted molar refractivity (Wildman–Crippen MR) is 239 cm³/mol. The molecule has 1 aromatic heterocycles. The number of nitrogens with zero attached hydrogens (tertiary/aromatic N) is 2. The molecule has 0 bridgehead atoms. The average molecular weight is 882 g/mol. The number of carbonyl (C=O) groups is 7. The minimum atomic E-state index is -1.27. The molecule has 15 nitrogen and oxygen atoms in total. The number of nitrogens with one attached hydrogen (secondary N) is 3. The summed E-state index contributed by atoms with van der Waals surface area (Å²) < 4.78 is 12.6. The third-order valence-corrected chi connectivity index (χ3v) is 12.5. The van der Waals surface area contributed by atoms with Crippen molar-refractivity contribution < 1.29 is 48.1 Å². The fourth-order valence-electron chi connectivity index (χ4n) is 7.11.